The average molecular weight is 290 g/mol. The minimum absolute atomic E-state index is 0.232. The van der Waals surface area contributed by atoms with Crippen LogP contribution in [0.4, 0.5) is 0 Å². The first-order valence-electron chi connectivity index (χ1n) is 7.17. The molecule has 1 aromatic carbocycles. The Morgan fingerprint density at radius 3 is 2.90 bits per heavy atom. The van der Waals surface area contributed by atoms with Crippen LogP contribution in [0.25, 0.3) is 0 Å². The van der Waals surface area contributed by atoms with Gasteiger partial charge in [-0.25, -0.2) is 0 Å². The van der Waals surface area contributed by atoms with E-state index in [2.05, 4.69) is 0 Å². The van der Waals surface area contributed by atoms with E-state index >= 15 is 0 Å². The molecule has 112 valence electrons. The predicted octanol–water partition coefficient (Wildman–Crippen LogP) is 2.04. The third-order valence-corrected chi connectivity index (χ3v) is 4.43. The van der Waals surface area contributed by atoms with E-state index in [4.69, 9.17) is 14.2 Å². The zero-order chi connectivity index (χ0) is 15.0. The highest BCUT2D eigenvalue weighted by atomic mass is 16.6. The number of fused-ring (bicyclic) bond motifs is 1. The molecule has 2 aliphatic rings. The van der Waals surface area contributed by atoms with Crippen LogP contribution in [0, 0.1) is 11.8 Å². The highest BCUT2D eigenvalue weighted by molar-refractivity contribution is 5.87. The fourth-order valence-electron chi connectivity index (χ4n) is 3.48. The van der Waals surface area contributed by atoms with Gasteiger partial charge in [0.05, 0.1) is 13.7 Å². The molecule has 1 saturated carbocycles. The molecule has 0 N–H and O–H groups in total. The van der Waals surface area contributed by atoms with Crippen molar-refractivity contribution >= 4 is 11.9 Å². The lowest BCUT2D eigenvalue weighted by atomic mass is 9.74. The Hall–Kier alpha value is -2.04. The van der Waals surface area contributed by atoms with Crippen LogP contribution in [0.2, 0.25) is 0 Å². The smallest absolute Gasteiger partial charge is 0.314 e. The average Bonchev–Trinajstić information content (AvgIpc) is 2.81. The summed E-state index contributed by atoms with van der Waals surface area (Å²) in [4.78, 5) is 24.0. The third kappa shape index (κ3) is 1.91. The zero-order valence-corrected chi connectivity index (χ0v) is 12.1. The molecule has 1 aliphatic heterocycles. The van der Waals surface area contributed by atoms with Gasteiger partial charge in [0, 0.05) is 5.56 Å². The molecule has 0 bridgehead atoms. The van der Waals surface area contributed by atoms with E-state index < -0.39 is 11.5 Å². The standard InChI is InChI=1S/C16H18O5/c1-3-20-14(17)12-7-8-13-15(18)21-16(12,13)10-5-4-6-11(9-10)19-2/h4-6,9,12-13H,3,7-8H2,1-2H3/t12-,13-,16-/m0/s1. The molecule has 5 heteroatoms. The fraction of sp³-hybridized carbons (Fsp3) is 0.500. The van der Waals surface area contributed by atoms with E-state index in [9.17, 15) is 9.59 Å². The zero-order valence-electron chi connectivity index (χ0n) is 12.1. The number of carbonyl (C=O) groups is 2. The monoisotopic (exact) mass is 290 g/mol. The SMILES string of the molecule is CCOC(=O)[C@@H]1CC[C@H]2C(=O)O[C@@]12c1cccc(OC)c1. The van der Waals surface area contributed by atoms with Gasteiger partial charge in [-0.3, -0.25) is 9.59 Å². The number of benzene rings is 1. The molecule has 1 saturated heterocycles. The Kier molecular flexibility index (Phi) is 3.35. The second kappa shape index (κ2) is 5.06. The molecule has 3 rings (SSSR count). The first-order valence-corrected chi connectivity index (χ1v) is 7.17. The van der Waals surface area contributed by atoms with E-state index in [-0.39, 0.29) is 17.9 Å². The van der Waals surface area contributed by atoms with Gasteiger partial charge in [0.1, 0.15) is 17.6 Å². The van der Waals surface area contributed by atoms with Crippen molar-refractivity contribution in [2.45, 2.75) is 25.4 Å². The topological polar surface area (TPSA) is 61.8 Å². The first kappa shape index (κ1) is 13.9. The van der Waals surface area contributed by atoms with Crippen molar-refractivity contribution in [3.8, 4) is 5.75 Å². The summed E-state index contributed by atoms with van der Waals surface area (Å²) in [7, 11) is 1.58. The van der Waals surface area contributed by atoms with Gasteiger partial charge in [0.25, 0.3) is 0 Å². The van der Waals surface area contributed by atoms with Crippen molar-refractivity contribution in [3.05, 3.63) is 29.8 Å². The summed E-state index contributed by atoms with van der Waals surface area (Å²) < 4.78 is 15.9. The summed E-state index contributed by atoms with van der Waals surface area (Å²) >= 11 is 0. The number of methoxy groups -OCH3 is 1. The molecule has 2 fully saturated rings. The Bertz CT molecular complexity index is 582. The van der Waals surface area contributed by atoms with Gasteiger partial charge in [-0.05, 0) is 31.9 Å². The van der Waals surface area contributed by atoms with Crippen molar-refractivity contribution in [3.63, 3.8) is 0 Å². The number of hydrogen-bond donors (Lipinski definition) is 0. The summed E-state index contributed by atoms with van der Waals surface area (Å²) in [6.07, 6.45) is 1.26. The molecule has 1 aliphatic carbocycles. The number of hydrogen-bond acceptors (Lipinski definition) is 5. The quantitative estimate of drug-likeness (QED) is 0.794. The van der Waals surface area contributed by atoms with Crippen molar-refractivity contribution < 1.29 is 23.8 Å². The van der Waals surface area contributed by atoms with Crippen LogP contribution in [0.3, 0.4) is 0 Å². The molecule has 1 heterocycles. The van der Waals surface area contributed by atoms with Gasteiger partial charge in [-0.1, -0.05) is 12.1 Å². The third-order valence-electron chi connectivity index (χ3n) is 4.43. The summed E-state index contributed by atoms with van der Waals surface area (Å²) in [6.45, 7) is 2.09. The number of rotatable bonds is 4. The maximum absolute atomic E-state index is 12.2. The van der Waals surface area contributed by atoms with Crippen LogP contribution in [0.5, 0.6) is 5.75 Å². The van der Waals surface area contributed by atoms with Crippen LogP contribution in [-0.4, -0.2) is 25.7 Å². The van der Waals surface area contributed by atoms with Crippen molar-refractivity contribution in [1.82, 2.24) is 0 Å². The molecule has 0 aromatic heterocycles. The van der Waals surface area contributed by atoms with Crippen molar-refractivity contribution in [2.24, 2.45) is 11.8 Å². The molecule has 0 radical (unpaired) electrons. The van der Waals surface area contributed by atoms with Gasteiger partial charge in [0.15, 0.2) is 5.60 Å². The van der Waals surface area contributed by atoms with Crippen molar-refractivity contribution in [2.75, 3.05) is 13.7 Å². The van der Waals surface area contributed by atoms with Crippen LogP contribution >= 0.6 is 0 Å². The second-order valence-corrected chi connectivity index (χ2v) is 5.38. The van der Waals surface area contributed by atoms with Crippen LogP contribution in [0.15, 0.2) is 24.3 Å². The second-order valence-electron chi connectivity index (χ2n) is 5.38. The molecular formula is C16H18O5. The lowest BCUT2D eigenvalue weighted by molar-refractivity contribution is -0.221. The Morgan fingerprint density at radius 1 is 1.43 bits per heavy atom. The van der Waals surface area contributed by atoms with E-state index in [1.54, 1.807) is 14.0 Å². The van der Waals surface area contributed by atoms with Gasteiger partial charge in [0.2, 0.25) is 0 Å². The van der Waals surface area contributed by atoms with Crippen molar-refractivity contribution in [1.29, 1.82) is 0 Å². The molecule has 0 unspecified atom stereocenters. The van der Waals surface area contributed by atoms with Gasteiger partial charge in [-0.15, -0.1) is 0 Å². The minimum atomic E-state index is -0.877. The normalized spacial score (nSPS) is 30.1. The fourth-order valence-corrected chi connectivity index (χ4v) is 3.48. The van der Waals surface area contributed by atoms with Crippen LogP contribution < -0.4 is 4.74 Å². The Labute approximate surface area is 123 Å². The number of ether oxygens (including phenoxy) is 3. The Balaban J connectivity index is 2.01. The Morgan fingerprint density at radius 2 is 2.24 bits per heavy atom. The van der Waals surface area contributed by atoms with Crippen LogP contribution in [-0.2, 0) is 24.7 Å². The summed E-state index contributed by atoms with van der Waals surface area (Å²) in [5.74, 6) is -0.552. The van der Waals surface area contributed by atoms with Crippen LogP contribution in [0.1, 0.15) is 25.3 Å². The summed E-state index contributed by atoms with van der Waals surface area (Å²) in [5.41, 5.74) is -0.0697. The maximum atomic E-state index is 12.2. The highest BCUT2D eigenvalue weighted by Gasteiger charge is 2.68. The lowest BCUT2D eigenvalue weighted by Gasteiger charge is -2.46. The molecule has 21 heavy (non-hydrogen) atoms. The van der Waals surface area contributed by atoms with Gasteiger partial charge in [-0.2, -0.15) is 0 Å². The van der Waals surface area contributed by atoms with Gasteiger partial charge >= 0.3 is 11.9 Å². The van der Waals surface area contributed by atoms with E-state index in [0.717, 1.165) is 5.56 Å². The molecule has 0 amide bonds. The van der Waals surface area contributed by atoms with E-state index in [1.165, 1.54) is 0 Å². The lowest BCUT2D eigenvalue weighted by Crippen LogP contribution is -2.56. The number of carbonyl (C=O) groups excluding carboxylic acids is 2. The largest absolute Gasteiger partial charge is 0.497 e. The van der Waals surface area contributed by atoms with Gasteiger partial charge < -0.3 is 14.2 Å². The molecular weight excluding hydrogens is 272 g/mol. The molecule has 3 atom stereocenters. The molecule has 1 aromatic rings. The van der Waals surface area contributed by atoms with E-state index in [0.29, 0.717) is 25.2 Å². The number of esters is 2. The first-order chi connectivity index (χ1) is 10.1. The molecule has 0 spiro atoms. The summed E-state index contributed by atoms with van der Waals surface area (Å²) in [5, 5.41) is 0. The maximum Gasteiger partial charge on any atom is 0.314 e. The summed E-state index contributed by atoms with van der Waals surface area (Å²) in [6, 6.07) is 7.37. The minimum Gasteiger partial charge on any atom is -0.497 e. The predicted molar refractivity (Wildman–Crippen MR) is 73.6 cm³/mol. The highest BCUT2D eigenvalue weighted by Crippen LogP contribution is 2.58. The molecule has 5 nitrogen and oxygen atoms in total. The van der Waals surface area contributed by atoms with E-state index in [1.807, 2.05) is 24.3 Å².